The van der Waals surface area contributed by atoms with E-state index in [4.69, 9.17) is 16.0 Å². The summed E-state index contributed by atoms with van der Waals surface area (Å²) in [5.41, 5.74) is 1.60. The molecule has 3 nitrogen and oxygen atoms in total. The third kappa shape index (κ3) is 2.74. The van der Waals surface area contributed by atoms with Gasteiger partial charge in [0, 0.05) is 11.1 Å². The summed E-state index contributed by atoms with van der Waals surface area (Å²) in [6.45, 7) is 5.95. The molecule has 2 rings (SSSR count). The molecule has 0 unspecified atom stereocenters. The first-order valence-corrected chi connectivity index (χ1v) is 5.78. The maximum atomic E-state index is 5.87. The van der Waals surface area contributed by atoms with Gasteiger partial charge in [-0.15, -0.1) is 0 Å². The van der Waals surface area contributed by atoms with Crippen LogP contribution in [0.4, 0.5) is 0 Å². The smallest absolute Gasteiger partial charge is 0.209 e. The Morgan fingerprint density at radius 3 is 3.00 bits per heavy atom. The molecule has 0 amide bonds. The van der Waals surface area contributed by atoms with Gasteiger partial charge in [0.15, 0.2) is 5.58 Å². The van der Waals surface area contributed by atoms with Crippen molar-refractivity contribution in [3.05, 3.63) is 29.1 Å². The highest BCUT2D eigenvalue weighted by Gasteiger charge is 2.05. The molecule has 0 aliphatic rings. The van der Waals surface area contributed by atoms with Crippen molar-refractivity contribution in [3.63, 3.8) is 0 Å². The molecule has 0 saturated heterocycles. The van der Waals surface area contributed by atoms with Crippen LogP contribution in [0.25, 0.3) is 11.1 Å². The first-order chi connectivity index (χ1) is 7.65. The van der Waals surface area contributed by atoms with E-state index in [1.807, 2.05) is 12.1 Å². The van der Waals surface area contributed by atoms with Gasteiger partial charge in [-0.05, 0) is 24.6 Å². The number of benzene rings is 1. The lowest BCUT2D eigenvalue weighted by atomic mass is 10.2. The molecule has 4 heteroatoms. The van der Waals surface area contributed by atoms with Crippen LogP contribution in [0.1, 0.15) is 19.7 Å². The van der Waals surface area contributed by atoms with Gasteiger partial charge in [-0.2, -0.15) is 0 Å². The maximum Gasteiger partial charge on any atom is 0.209 e. The zero-order chi connectivity index (χ0) is 11.5. The van der Waals surface area contributed by atoms with Crippen molar-refractivity contribution in [2.75, 3.05) is 6.54 Å². The highest BCUT2D eigenvalue weighted by atomic mass is 35.5. The highest BCUT2D eigenvalue weighted by molar-refractivity contribution is 6.31. The summed E-state index contributed by atoms with van der Waals surface area (Å²) in [6.07, 6.45) is 0. The van der Waals surface area contributed by atoms with E-state index in [9.17, 15) is 0 Å². The zero-order valence-electron chi connectivity index (χ0n) is 9.46. The van der Waals surface area contributed by atoms with E-state index in [2.05, 4.69) is 24.1 Å². The van der Waals surface area contributed by atoms with Crippen LogP contribution in [0.5, 0.6) is 0 Å². The molecule has 1 N–H and O–H groups in total. The van der Waals surface area contributed by atoms with Crippen LogP contribution < -0.4 is 5.32 Å². The number of aromatic nitrogens is 1. The third-order valence-corrected chi connectivity index (χ3v) is 2.46. The number of nitrogens with one attached hydrogen (secondary N) is 1. The Morgan fingerprint density at radius 2 is 2.25 bits per heavy atom. The molecule has 0 radical (unpaired) electrons. The standard InChI is InChI=1S/C12H15ClN2O/c1-8(2)6-14-7-12-15-10-4-3-9(13)5-11(10)16-12/h3-5,8,14H,6-7H2,1-2H3. The Labute approximate surface area is 99.8 Å². The summed E-state index contributed by atoms with van der Waals surface area (Å²) in [5.74, 6) is 1.33. The molecule has 2 aromatic rings. The highest BCUT2D eigenvalue weighted by Crippen LogP contribution is 2.19. The summed E-state index contributed by atoms with van der Waals surface area (Å²) in [4.78, 5) is 4.36. The summed E-state index contributed by atoms with van der Waals surface area (Å²) < 4.78 is 5.57. The van der Waals surface area contributed by atoms with E-state index in [0.29, 0.717) is 23.4 Å². The van der Waals surface area contributed by atoms with Crippen molar-refractivity contribution in [1.82, 2.24) is 10.3 Å². The Bertz CT molecular complexity index is 479. The maximum absolute atomic E-state index is 5.87. The molecule has 86 valence electrons. The van der Waals surface area contributed by atoms with Gasteiger partial charge >= 0.3 is 0 Å². The monoisotopic (exact) mass is 238 g/mol. The molecular weight excluding hydrogens is 224 g/mol. The second kappa shape index (κ2) is 4.85. The number of hydrogen-bond donors (Lipinski definition) is 1. The van der Waals surface area contributed by atoms with Crippen LogP contribution in [-0.4, -0.2) is 11.5 Å². The molecule has 0 aliphatic heterocycles. The second-order valence-electron chi connectivity index (χ2n) is 4.24. The number of hydrogen-bond acceptors (Lipinski definition) is 3. The van der Waals surface area contributed by atoms with Crippen LogP contribution in [0.15, 0.2) is 22.6 Å². The van der Waals surface area contributed by atoms with E-state index in [0.717, 1.165) is 17.6 Å². The predicted molar refractivity (Wildman–Crippen MR) is 65.6 cm³/mol. The van der Waals surface area contributed by atoms with Crippen LogP contribution >= 0.6 is 11.6 Å². The predicted octanol–water partition coefficient (Wildman–Crippen LogP) is 3.23. The summed E-state index contributed by atoms with van der Waals surface area (Å²) in [6, 6.07) is 5.47. The van der Waals surface area contributed by atoms with Crippen molar-refractivity contribution >= 4 is 22.7 Å². The largest absolute Gasteiger partial charge is 0.439 e. The summed E-state index contributed by atoms with van der Waals surface area (Å²) in [5, 5.41) is 3.96. The van der Waals surface area contributed by atoms with Gasteiger partial charge in [-0.3, -0.25) is 0 Å². The Balaban J connectivity index is 2.08. The molecule has 1 aromatic heterocycles. The van der Waals surface area contributed by atoms with Gasteiger partial charge in [-0.25, -0.2) is 4.98 Å². The van der Waals surface area contributed by atoms with Crippen LogP contribution in [0.3, 0.4) is 0 Å². The fraction of sp³-hybridized carbons (Fsp3) is 0.417. The van der Waals surface area contributed by atoms with E-state index < -0.39 is 0 Å². The van der Waals surface area contributed by atoms with Crippen LogP contribution in [-0.2, 0) is 6.54 Å². The van der Waals surface area contributed by atoms with Gasteiger partial charge in [0.2, 0.25) is 5.89 Å². The van der Waals surface area contributed by atoms with E-state index in [-0.39, 0.29) is 0 Å². The van der Waals surface area contributed by atoms with E-state index in [1.54, 1.807) is 6.07 Å². The fourth-order valence-corrected chi connectivity index (χ4v) is 1.65. The number of rotatable bonds is 4. The fourth-order valence-electron chi connectivity index (χ4n) is 1.49. The van der Waals surface area contributed by atoms with Crippen molar-refractivity contribution in [2.45, 2.75) is 20.4 Å². The summed E-state index contributed by atoms with van der Waals surface area (Å²) >= 11 is 5.87. The summed E-state index contributed by atoms with van der Waals surface area (Å²) in [7, 11) is 0. The molecule has 0 spiro atoms. The van der Waals surface area contributed by atoms with Gasteiger partial charge in [0.1, 0.15) is 5.52 Å². The van der Waals surface area contributed by atoms with Gasteiger partial charge in [0.25, 0.3) is 0 Å². The second-order valence-corrected chi connectivity index (χ2v) is 4.68. The molecule has 0 fully saturated rings. The number of halogens is 1. The first-order valence-electron chi connectivity index (χ1n) is 5.41. The normalized spacial score (nSPS) is 11.5. The minimum atomic E-state index is 0.624. The Kier molecular flexibility index (Phi) is 3.46. The minimum Gasteiger partial charge on any atom is -0.439 e. The molecule has 1 aromatic carbocycles. The quantitative estimate of drug-likeness (QED) is 0.889. The molecule has 0 atom stereocenters. The van der Waals surface area contributed by atoms with Gasteiger partial charge in [-0.1, -0.05) is 25.4 Å². The average Bonchev–Trinajstić information content (AvgIpc) is 2.58. The lowest BCUT2D eigenvalue weighted by molar-refractivity contribution is 0.471. The SMILES string of the molecule is CC(C)CNCc1nc2ccc(Cl)cc2o1. The molecule has 0 aliphatic carbocycles. The minimum absolute atomic E-state index is 0.624. The number of fused-ring (bicyclic) bond motifs is 1. The average molecular weight is 239 g/mol. The number of nitrogens with zero attached hydrogens (tertiary/aromatic N) is 1. The van der Waals surface area contributed by atoms with Crippen molar-refractivity contribution in [2.24, 2.45) is 5.92 Å². The van der Waals surface area contributed by atoms with Crippen LogP contribution in [0, 0.1) is 5.92 Å². The number of oxazole rings is 1. The lowest BCUT2D eigenvalue weighted by Crippen LogP contribution is -2.19. The Hall–Kier alpha value is -1.06. The van der Waals surface area contributed by atoms with Crippen molar-refractivity contribution < 1.29 is 4.42 Å². The van der Waals surface area contributed by atoms with Crippen LogP contribution in [0.2, 0.25) is 5.02 Å². The molecule has 1 heterocycles. The Morgan fingerprint density at radius 1 is 1.44 bits per heavy atom. The molecule has 0 saturated carbocycles. The van der Waals surface area contributed by atoms with Gasteiger partial charge in [0.05, 0.1) is 6.54 Å². The lowest BCUT2D eigenvalue weighted by Gasteiger charge is -2.03. The van der Waals surface area contributed by atoms with Crippen molar-refractivity contribution in [1.29, 1.82) is 0 Å². The van der Waals surface area contributed by atoms with E-state index in [1.165, 1.54) is 0 Å². The third-order valence-electron chi connectivity index (χ3n) is 2.22. The zero-order valence-corrected chi connectivity index (χ0v) is 10.2. The first kappa shape index (κ1) is 11.4. The molecule has 0 bridgehead atoms. The molecular formula is C12H15ClN2O. The van der Waals surface area contributed by atoms with E-state index >= 15 is 0 Å². The van der Waals surface area contributed by atoms with Crippen molar-refractivity contribution in [3.8, 4) is 0 Å². The topological polar surface area (TPSA) is 38.1 Å². The van der Waals surface area contributed by atoms with Gasteiger partial charge < -0.3 is 9.73 Å². The molecule has 16 heavy (non-hydrogen) atoms.